The average molecular weight is 373 g/mol. The van der Waals surface area contributed by atoms with Crippen molar-refractivity contribution in [1.29, 1.82) is 0 Å². The predicted octanol–water partition coefficient (Wildman–Crippen LogP) is 4.05. The molecule has 0 fully saturated rings. The Balaban J connectivity index is 1.60. The van der Waals surface area contributed by atoms with Gasteiger partial charge in [-0.25, -0.2) is 8.78 Å². The highest BCUT2D eigenvalue weighted by molar-refractivity contribution is 5.93. The second-order valence-electron chi connectivity index (χ2n) is 6.18. The second kappa shape index (κ2) is 7.57. The van der Waals surface area contributed by atoms with E-state index in [-0.39, 0.29) is 6.42 Å². The number of rotatable bonds is 5. The number of nitrogens with one attached hydrogen (secondary N) is 1. The molecule has 3 aromatic rings. The van der Waals surface area contributed by atoms with Crippen molar-refractivity contribution < 1.29 is 27.5 Å². The number of para-hydroxylation sites is 1. The van der Waals surface area contributed by atoms with Crippen LogP contribution in [0, 0.1) is 25.5 Å². The number of ether oxygens (including phenoxy) is 1. The number of hydrogen-bond acceptors (Lipinski definition) is 4. The zero-order valence-corrected chi connectivity index (χ0v) is 14.8. The molecule has 7 heteroatoms. The lowest BCUT2D eigenvalue weighted by Gasteiger charge is -2.08. The number of amides is 1. The van der Waals surface area contributed by atoms with Crippen LogP contribution in [0.4, 0.5) is 14.5 Å². The van der Waals surface area contributed by atoms with Crippen molar-refractivity contribution in [3.05, 3.63) is 64.9 Å². The first-order chi connectivity index (χ1) is 12.8. The van der Waals surface area contributed by atoms with Gasteiger partial charge in [0.15, 0.2) is 6.61 Å². The minimum atomic E-state index is -0.912. The molecule has 0 unspecified atom stereocenters. The Morgan fingerprint density at radius 2 is 1.78 bits per heavy atom. The highest BCUT2D eigenvalue weighted by Gasteiger charge is 2.16. The highest BCUT2D eigenvalue weighted by atomic mass is 19.1. The number of carbonyl (C=O) groups is 2. The van der Waals surface area contributed by atoms with Crippen molar-refractivity contribution in [2.45, 2.75) is 20.3 Å². The minimum absolute atomic E-state index is 0.0865. The molecule has 0 saturated heterocycles. The fourth-order valence-electron chi connectivity index (χ4n) is 2.62. The van der Waals surface area contributed by atoms with Gasteiger partial charge < -0.3 is 14.5 Å². The summed E-state index contributed by atoms with van der Waals surface area (Å²) in [6.07, 6.45) is 1.39. The number of esters is 1. The SMILES string of the molecule is Cc1cc2occ(CC(=O)OCC(=O)Nc3c(F)cccc3F)c2cc1C. The Hall–Kier alpha value is -3.22. The van der Waals surface area contributed by atoms with Crippen molar-refractivity contribution in [3.8, 4) is 0 Å². The monoisotopic (exact) mass is 373 g/mol. The molecule has 0 saturated carbocycles. The molecular weight excluding hydrogens is 356 g/mol. The van der Waals surface area contributed by atoms with E-state index in [0.717, 1.165) is 28.6 Å². The number of benzene rings is 2. The number of aryl methyl sites for hydroxylation is 2. The van der Waals surface area contributed by atoms with Crippen molar-refractivity contribution in [2.75, 3.05) is 11.9 Å². The van der Waals surface area contributed by atoms with E-state index in [2.05, 4.69) is 5.32 Å². The molecule has 0 radical (unpaired) electrons. The zero-order valence-electron chi connectivity index (χ0n) is 14.8. The lowest BCUT2D eigenvalue weighted by molar-refractivity contribution is -0.146. The fourth-order valence-corrected chi connectivity index (χ4v) is 2.62. The summed E-state index contributed by atoms with van der Waals surface area (Å²) in [4.78, 5) is 23.8. The molecule has 0 spiro atoms. The van der Waals surface area contributed by atoms with Gasteiger partial charge in [0.2, 0.25) is 0 Å². The smallest absolute Gasteiger partial charge is 0.310 e. The normalized spacial score (nSPS) is 10.8. The quantitative estimate of drug-likeness (QED) is 0.685. The van der Waals surface area contributed by atoms with E-state index in [1.807, 2.05) is 26.0 Å². The van der Waals surface area contributed by atoms with E-state index >= 15 is 0 Å². The van der Waals surface area contributed by atoms with Crippen molar-refractivity contribution >= 4 is 28.5 Å². The summed E-state index contributed by atoms with van der Waals surface area (Å²) in [5, 5.41) is 2.85. The van der Waals surface area contributed by atoms with Gasteiger partial charge in [0.25, 0.3) is 5.91 Å². The van der Waals surface area contributed by atoms with E-state index in [1.54, 1.807) is 0 Å². The molecule has 5 nitrogen and oxygen atoms in total. The summed E-state index contributed by atoms with van der Waals surface area (Å²) in [7, 11) is 0. The van der Waals surface area contributed by atoms with Gasteiger partial charge in [0.05, 0.1) is 12.7 Å². The van der Waals surface area contributed by atoms with E-state index in [0.29, 0.717) is 11.1 Å². The van der Waals surface area contributed by atoms with Crippen LogP contribution >= 0.6 is 0 Å². The van der Waals surface area contributed by atoms with E-state index in [4.69, 9.17) is 9.15 Å². The van der Waals surface area contributed by atoms with Crippen molar-refractivity contribution in [3.63, 3.8) is 0 Å². The number of hydrogen-bond donors (Lipinski definition) is 1. The summed E-state index contributed by atoms with van der Waals surface area (Å²) < 4.78 is 37.3. The summed E-state index contributed by atoms with van der Waals surface area (Å²) in [5.41, 5.74) is 2.85. The molecule has 1 amide bonds. The third kappa shape index (κ3) is 4.13. The molecule has 0 atom stereocenters. The Kier molecular flexibility index (Phi) is 5.21. The van der Waals surface area contributed by atoms with Gasteiger partial charge in [0, 0.05) is 10.9 Å². The Morgan fingerprint density at radius 1 is 1.11 bits per heavy atom. The van der Waals surface area contributed by atoms with Crippen LogP contribution in [0.5, 0.6) is 0 Å². The molecule has 140 valence electrons. The average Bonchev–Trinajstić information content (AvgIpc) is 2.98. The molecule has 27 heavy (non-hydrogen) atoms. The maximum atomic E-state index is 13.5. The summed E-state index contributed by atoms with van der Waals surface area (Å²) in [6.45, 7) is 3.26. The second-order valence-corrected chi connectivity index (χ2v) is 6.18. The number of halogens is 2. The van der Waals surface area contributed by atoms with Crippen LogP contribution in [0.1, 0.15) is 16.7 Å². The Bertz CT molecular complexity index is 1010. The third-order valence-electron chi connectivity index (χ3n) is 4.20. The predicted molar refractivity (Wildman–Crippen MR) is 95.3 cm³/mol. The Labute approximate surface area is 153 Å². The number of anilines is 1. The summed E-state index contributed by atoms with van der Waals surface area (Å²) >= 11 is 0. The van der Waals surface area contributed by atoms with Crippen LogP contribution in [0.25, 0.3) is 11.0 Å². The van der Waals surface area contributed by atoms with E-state index < -0.39 is 35.8 Å². The first kappa shape index (κ1) is 18.6. The molecule has 3 rings (SSSR count). The van der Waals surface area contributed by atoms with Gasteiger partial charge in [-0.3, -0.25) is 9.59 Å². The molecule has 0 aliphatic heterocycles. The molecule has 1 N–H and O–H groups in total. The third-order valence-corrected chi connectivity index (χ3v) is 4.20. The summed E-state index contributed by atoms with van der Waals surface area (Å²) in [6, 6.07) is 7.01. The first-order valence-electron chi connectivity index (χ1n) is 8.22. The number of carbonyl (C=O) groups excluding carboxylic acids is 2. The molecule has 0 aliphatic carbocycles. The highest BCUT2D eigenvalue weighted by Crippen LogP contribution is 2.25. The fraction of sp³-hybridized carbons (Fsp3) is 0.200. The number of fused-ring (bicyclic) bond motifs is 1. The lowest BCUT2D eigenvalue weighted by Crippen LogP contribution is -2.22. The van der Waals surface area contributed by atoms with E-state index in [9.17, 15) is 18.4 Å². The van der Waals surface area contributed by atoms with Gasteiger partial charge in [-0.05, 0) is 49.2 Å². The van der Waals surface area contributed by atoms with Crippen LogP contribution in [-0.4, -0.2) is 18.5 Å². The van der Waals surface area contributed by atoms with Crippen LogP contribution in [-0.2, 0) is 20.7 Å². The van der Waals surface area contributed by atoms with Crippen molar-refractivity contribution in [2.24, 2.45) is 0 Å². The van der Waals surface area contributed by atoms with Gasteiger partial charge >= 0.3 is 5.97 Å². The van der Waals surface area contributed by atoms with Crippen LogP contribution < -0.4 is 5.32 Å². The van der Waals surface area contributed by atoms with Gasteiger partial charge in [-0.2, -0.15) is 0 Å². The van der Waals surface area contributed by atoms with Gasteiger partial charge in [-0.1, -0.05) is 6.07 Å². The van der Waals surface area contributed by atoms with Gasteiger partial charge in [0.1, 0.15) is 22.9 Å². The molecule has 0 aliphatic rings. The molecule has 2 aromatic carbocycles. The molecular formula is C20H17F2NO4. The molecule has 1 aromatic heterocycles. The van der Waals surface area contributed by atoms with E-state index in [1.165, 1.54) is 12.3 Å². The zero-order chi connectivity index (χ0) is 19.6. The number of furan rings is 1. The summed E-state index contributed by atoms with van der Waals surface area (Å²) in [5.74, 6) is -3.31. The standard InChI is InChI=1S/C20H17F2NO4/c1-11-6-14-13(9-26-17(14)7-12(11)2)8-19(25)27-10-18(24)23-20-15(21)4-3-5-16(20)22/h3-7,9H,8,10H2,1-2H3,(H,23,24). The van der Waals surface area contributed by atoms with Crippen molar-refractivity contribution in [1.82, 2.24) is 0 Å². The molecule has 0 bridgehead atoms. The van der Waals surface area contributed by atoms with Crippen LogP contribution in [0.2, 0.25) is 0 Å². The Morgan fingerprint density at radius 3 is 2.48 bits per heavy atom. The maximum absolute atomic E-state index is 13.5. The first-order valence-corrected chi connectivity index (χ1v) is 8.22. The van der Waals surface area contributed by atoms with Gasteiger partial charge in [-0.15, -0.1) is 0 Å². The van der Waals surface area contributed by atoms with Crippen LogP contribution in [0.15, 0.2) is 41.0 Å². The van der Waals surface area contributed by atoms with Crippen LogP contribution in [0.3, 0.4) is 0 Å². The largest absolute Gasteiger partial charge is 0.464 e. The topological polar surface area (TPSA) is 68.5 Å². The maximum Gasteiger partial charge on any atom is 0.310 e. The lowest BCUT2D eigenvalue weighted by atomic mass is 10.0. The minimum Gasteiger partial charge on any atom is -0.464 e. The molecule has 1 heterocycles.